The number of benzene rings is 2. The topological polar surface area (TPSA) is 56.2 Å². The van der Waals surface area contributed by atoms with Gasteiger partial charge in [0.2, 0.25) is 5.91 Å². The maximum absolute atomic E-state index is 12.3. The van der Waals surface area contributed by atoms with Gasteiger partial charge in [0.15, 0.2) is 0 Å². The molecule has 2 aromatic carbocycles. The lowest BCUT2D eigenvalue weighted by atomic mass is 10.0. The molecule has 35 heavy (non-hydrogen) atoms. The number of fused-ring (bicyclic) bond motifs is 1. The second kappa shape index (κ2) is 13.3. The highest BCUT2D eigenvalue weighted by Crippen LogP contribution is 2.27. The zero-order valence-corrected chi connectivity index (χ0v) is 22.3. The Labute approximate surface area is 211 Å². The van der Waals surface area contributed by atoms with E-state index in [0.717, 1.165) is 62.2 Å². The molecule has 1 N–H and O–H groups in total. The van der Waals surface area contributed by atoms with Crippen LogP contribution >= 0.6 is 0 Å². The van der Waals surface area contributed by atoms with Crippen LogP contribution in [-0.2, 0) is 17.8 Å². The molecular formula is C30H43N3O2. The van der Waals surface area contributed by atoms with E-state index < -0.39 is 0 Å². The molecule has 0 spiro atoms. The van der Waals surface area contributed by atoms with Crippen molar-refractivity contribution in [3.63, 3.8) is 0 Å². The molecule has 0 radical (unpaired) electrons. The van der Waals surface area contributed by atoms with Crippen LogP contribution in [0.25, 0.3) is 11.0 Å². The molecule has 3 rings (SSSR count). The molecule has 1 aromatic heterocycles. The van der Waals surface area contributed by atoms with Crippen molar-refractivity contribution in [2.45, 2.75) is 85.6 Å². The van der Waals surface area contributed by atoms with Crippen LogP contribution in [0, 0.1) is 12.8 Å². The van der Waals surface area contributed by atoms with Crippen LogP contribution in [-0.4, -0.2) is 28.6 Å². The molecule has 5 heteroatoms. The van der Waals surface area contributed by atoms with Crippen LogP contribution in [0.5, 0.6) is 5.75 Å². The van der Waals surface area contributed by atoms with Crippen LogP contribution in [0.4, 0.5) is 0 Å². The highest BCUT2D eigenvalue weighted by molar-refractivity contribution is 5.78. The Bertz CT molecular complexity index is 1080. The van der Waals surface area contributed by atoms with Crippen molar-refractivity contribution in [1.82, 2.24) is 14.9 Å². The van der Waals surface area contributed by atoms with E-state index in [1.165, 1.54) is 16.6 Å². The largest absolute Gasteiger partial charge is 0.493 e. The molecule has 0 aliphatic heterocycles. The van der Waals surface area contributed by atoms with E-state index in [2.05, 4.69) is 80.9 Å². The van der Waals surface area contributed by atoms with E-state index in [4.69, 9.17) is 9.72 Å². The third-order valence-electron chi connectivity index (χ3n) is 6.79. The predicted molar refractivity (Wildman–Crippen MR) is 145 cm³/mol. The first-order valence-corrected chi connectivity index (χ1v) is 13.4. The number of amides is 1. The lowest BCUT2D eigenvalue weighted by Gasteiger charge is -2.15. The Balaban J connectivity index is 1.54. The fourth-order valence-corrected chi connectivity index (χ4v) is 4.63. The lowest BCUT2D eigenvalue weighted by molar-refractivity contribution is -0.125. The van der Waals surface area contributed by atoms with Crippen molar-refractivity contribution >= 4 is 16.9 Å². The summed E-state index contributed by atoms with van der Waals surface area (Å²) in [5.41, 5.74) is 4.73. The summed E-state index contributed by atoms with van der Waals surface area (Å²) in [5.74, 6) is 2.87. The Hall–Kier alpha value is -2.82. The van der Waals surface area contributed by atoms with Crippen LogP contribution in [0.2, 0.25) is 0 Å². The first kappa shape index (κ1) is 26.8. The second-order valence-corrected chi connectivity index (χ2v) is 9.83. The van der Waals surface area contributed by atoms with Crippen molar-refractivity contribution in [2.75, 3.05) is 13.2 Å². The molecule has 1 amide bonds. The highest BCUT2D eigenvalue weighted by atomic mass is 16.5. The molecule has 3 aromatic rings. The molecular weight excluding hydrogens is 434 g/mol. The monoisotopic (exact) mass is 477 g/mol. The number of nitrogens with zero attached hydrogens (tertiary/aromatic N) is 2. The molecule has 0 unspecified atom stereocenters. The van der Waals surface area contributed by atoms with Crippen molar-refractivity contribution in [3.05, 3.63) is 59.4 Å². The summed E-state index contributed by atoms with van der Waals surface area (Å²) in [7, 11) is 0. The number of unbranched alkanes of at least 4 members (excludes halogenated alkanes) is 1. The van der Waals surface area contributed by atoms with Gasteiger partial charge in [0.05, 0.1) is 17.6 Å². The van der Waals surface area contributed by atoms with Crippen molar-refractivity contribution in [1.29, 1.82) is 0 Å². The van der Waals surface area contributed by atoms with Gasteiger partial charge in [-0.15, -0.1) is 0 Å². The van der Waals surface area contributed by atoms with Gasteiger partial charge in [0.1, 0.15) is 11.6 Å². The minimum atomic E-state index is 0.123. The van der Waals surface area contributed by atoms with Crippen LogP contribution in [0.15, 0.2) is 42.5 Å². The zero-order valence-electron chi connectivity index (χ0n) is 22.3. The number of para-hydroxylation sites is 2. The number of aryl methyl sites for hydroxylation is 3. The summed E-state index contributed by atoms with van der Waals surface area (Å²) in [6.45, 7) is 13.0. The lowest BCUT2D eigenvalue weighted by Crippen LogP contribution is -2.31. The number of carbonyl (C=O) groups excluding carboxylic acids is 1. The number of hydrogen-bond donors (Lipinski definition) is 1. The Morgan fingerprint density at radius 2 is 1.83 bits per heavy atom. The molecule has 0 saturated carbocycles. The number of hydrogen-bond acceptors (Lipinski definition) is 3. The normalized spacial score (nSPS) is 11.5. The van der Waals surface area contributed by atoms with Gasteiger partial charge in [-0.25, -0.2) is 4.98 Å². The van der Waals surface area contributed by atoms with E-state index in [9.17, 15) is 4.79 Å². The summed E-state index contributed by atoms with van der Waals surface area (Å²) in [5, 5.41) is 3.11. The maximum atomic E-state index is 12.3. The molecule has 5 nitrogen and oxygen atoms in total. The third-order valence-corrected chi connectivity index (χ3v) is 6.79. The zero-order chi connectivity index (χ0) is 25.2. The van der Waals surface area contributed by atoms with Crippen molar-refractivity contribution < 1.29 is 9.53 Å². The number of carbonyl (C=O) groups is 1. The van der Waals surface area contributed by atoms with Gasteiger partial charge in [-0.1, -0.05) is 52.0 Å². The Kier molecular flexibility index (Phi) is 10.2. The van der Waals surface area contributed by atoms with Gasteiger partial charge in [-0.3, -0.25) is 4.79 Å². The SMILES string of the molecule is CCC(CC)C(=O)NCCCc1nc2ccccc2n1CCCCOc1cc(C)ccc1C(C)C. The summed E-state index contributed by atoms with van der Waals surface area (Å²) in [4.78, 5) is 17.2. The highest BCUT2D eigenvalue weighted by Gasteiger charge is 2.14. The predicted octanol–water partition coefficient (Wildman–Crippen LogP) is 6.81. The molecule has 0 saturated heterocycles. The van der Waals surface area contributed by atoms with Crippen LogP contribution in [0.1, 0.15) is 82.7 Å². The molecule has 0 aliphatic rings. The molecule has 0 atom stereocenters. The summed E-state index contributed by atoms with van der Waals surface area (Å²) in [6.07, 6.45) is 5.55. The van der Waals surface area contributed by atoms with Gasteiger partial charge < -0.3 is 14.6 Å². The van der Waals surface area contributed by atoms with Crippen LogP contribution < -0.4 is 10.1 Å². The smallest absolute Gasteiger partial charge is 0.223 e. The average molecular weight is 478 g/mol. The number of nitrogens with one attached hydrogen (secondary N) is 1. The third kappa shape index (κ3) is 7.33. The van der Waals surface area contributed by atoms with Gasteiger partial charge in [-0.05, 0) is 74.3 Å². The minimum absolute atomic E-state index is 0.123. The quantitative estimate of drug-likeness (QED) is 0.259. The van der Waals surface area contributed by atoms with Gasteiger partial charge in [0.25, 0.3) is 0 Å². The maximum Gasteiger partial charge on any atom is 0.223 e. The van der Waals surface area contributed by atoms with Gasteiger partial charge in [-0.2, -0.15) is 0 Å². The number of imidazole rings is 1. The molecule has 190 valence electrons. The molecule has 0 bridgehead atoms. The average Bonchev–Trinajstić information content (AvgIpc) is 3.19. The minimum Gasteiger partial charge on any atom is -0.493 e. The first-order valence-electron chi connectivity index (χ1n) is 13.4. The molecule has 0 fully saturated rings. The number of rotatable bonds is 14. The summed E-state index contributed by atoms with van der Waals surface area (Å²) >= 11 is 0. The van der Waals surface area contributed by atoms with Crippen molar-refractivity contribution in [3.8, 4) is 5.75 Å². The summed E-state index contributed by atoms with van der Waals surface area (Å²) in [6, 6.07) is 14.9. The van der Waals surface area contributed by atoms with Crippen molar-refractivity contribution in [2.24, 2.45) is 5.92 Å². The van der Waals surface area contributed by atoms with Gasteiger partial charge >= 0.3 is 0 Å². The number of ether oxygens (including phenoxy) is 1. The molecule has 0 aliphatic carbocycles. The number of aromatic nitrogens is 2. The van der Waals surface area contributed by atoms with E-state index in [1.807, 2.05) is 6.07 Å². The Morgan fingerprint density at radius 1 is 1.06 bits per heavy atom. The first-order chi connectivity index (χ1) is 16.9. The Morgan fingerprint density at radius 3 is 2.57 bits per heavy atom. The fourth-order valence-electron chi connectivity index (χ4n) is 4.63. The van der Waals surface area contributed by atoms with Gasteiger partial charge in [0, 0.05) is 25.4 Å². The van der Waals surface area contributed by atoms with E-state index in [-0.39, 0.29) is 11.8 Å². The van der Waals surface area contributed by atoms with E-state index in [0.29, 0.717) is 19.1 Å². The standard InChI is InChI=1S/C30H43N3O2/c1-6-24(7-2)30(34)31-18-12-15-29-32-26-13-8-9-14-27(26)33(29)19-10-11-20-35-28-21-23(5)16-17-25(28)22(3)4/h8-9,13-14,16-17,21-22,24H,6-7,10-12,15,18-20H2,1-5H3,(H,31,34). The van der Waals surface area contributed by atoms with E-state index in [1.54, 1.807) is 0 Å². The van der Waals surface area contributed by atoms with E-state index >= 15 is 0 Å². The second-order valence-electron chi connectivity index (χ2n) is 9.83. The summed E-state index contributed by atoms with van der Waals surface area (Å²) < 4.78 is 8.54. The fraction of sp³-hybridized carbons (Fsp3) is 0.533. The van der Waals surface area contributed by atoms with Crippen LogP contribution in [0.3, 0.4) is 0 Å². The molecule has 1 heterocycles.